The van der Waals surface area contributed by atoms with E-state index in [2.05, 4.69) is 5.32 Å². The number of hydrogen-bond acceptors (Lipinski definition) is 3. The minimum atomic E-state index is -0.565. The molecule has 1 rings (SSSR count). The number of rotatable bonds is 5. The van der Waals surface area contributed by atoms with Crippen LogP contribution in [0.2, 0.25) is 0 Å². The predicted molar refractivity (Wildman–Crippen MR) is 63.6 cm³/mol. The Morgan fingerprint density at radius 2 is 2.24 bits per heavy atom. The summed E-state index contributed by atoms with van der Waals surface area (Å²) in [5, 5.41) is 12.1. The summed E-state index contributed by atoms with van der Waals surface area (Å²) in [4.78, 5) is 13.7. The van der Waals surface area contributed by atoms with Crippen LogP contribution in [0.5, 0.6) is 5.75 Å². The van der Waals surface area contributed by atoms with Crippen molar-refractivity contribution >= 4 is 5.91 Å². The van der Waals surface area contributed by atoms with Crippen LogP contribution in [-0.4, -0.2) is 42.6 Å². The minimum absolute atomic E-state index is 0.0885. The Hall–Kier alpha value is -1.62. The molecule has 0 saturated carbocycles. The third-order valence-corrected chi connectivity index (χ3v) is 2.52. The number of halogens is 1. The van der Waals surface area contributed by atoms with Crippen LogP contribution in [0.15, 0.2) is 18.2 Å². The molecule has 17 heavy (non-hydrogen) atoms. The Bertz CT molecular complexity index is 396. The van der Waals surface area contributed by atoms with E-state index >= 15 is 0 Å². The van der Waals surface area contributed by atoms with Crippen LogP contribution < -0.4 is 5.32 Å². The first-order valence-corrected chi connectivity index (χ1v) is 5.50. The first kappa shape index (κ1) is 13.4. The van der Waals surface area contributed by atoms with E-state index in [9.17, 15) is 14.3 Å². The molecule has 1 aromatic rings. The number of benzene rings is 1. The van der Waals surface area contributed by atoms with Gasteiger partial charge in [0.1, 0.15) is 11.6 Å². The van der Waals surface area contributed by atoms with Crippen molar-refractivity contribution < 1.29 is 14.3 Å². The fraction of sp³-hybridized carbons (Fsp3) is 0.417. The molecule has 0 radical (unpaired) electrons. The average molecular weight is 240 g/mol. The molecule has 0 saturated heterocycles. The van der Waals surface area contributed by atoms with E-state index in [4.69, 9.17) is 0 Å². The Labute approximate surface area is 100 Å². The Kier molecular flexibility index (Phi) is 4.90. The summed E-state index contributed by atoms with van der Waals surface area (Å²) >= 11 is 0. The van der Waals surface area contributed by atoms with E-state index in [0.29, 0.717) is 6.54 Å². The molecule has 94 valence electrons. The van der Waals surface area contributed by atoms with Crippen LogP contribution >= 0.6 is 0 Å². The van der Waals surface area contributed by atoms with E-state index in [1.54, 1.807) is 0 Å². The molecule has 0 aromatic heterocycles. The Morgan fingerprint density at radius 3 is 2.82 bits per heavy atom. The van der Waals surface area contributed by atoms with Gasteiger partial charge in [0.25, 0.3) is 5.91 Å². The smallest absolute Gasteiger partial charge is 0.255 e. The van der Waals surface area contributed by atoms with Gasteiger partial charge in [-0.1, -0.05) is 6.92 Å². The molecule has 2 N–H and O–H groups in total. The summed E-state index contributed by atoms with van der Waals surface area (Å²) in [6.45, 7) is 4.13. The van der Waals surface area contributed by atoms with Crippen LogP contribution in [-0.2, 0) is 0 Å². The monoisotopic (exact) mass is 240 g/mol. The maximum Gasteiger partial charge on any atom is 0.255 e. The zero-order valence-corrected chi connectivity index (χ0v) is 10.0. The molecule has 1 aromatic carbocycles. The number of likely N-dealkylation sites (N-methyl/N-ethyl adjacent to an activating group) is 1. The van der Waals surface area contributed by atoms with Gasteiger partial charge < -0.3 is 15.3 Å². The SMILES string of the molecule is CCN(C)CCNC(=O)c1ccc(F)cc1O. The zero-order chi connectivity index (χ0) is 12.8. The second-order valence-corrected chi connectivity index (χ2v) is 3.81. The molecule has 0 unspecified atom stereocenters. The van der Waals surface area contributed by atoms with Crippen molar-refractivity contribution in [1.29, 1.82) is 0 Å². The van der Waals surface area contributed by atoms with Gasteiger partial charge in [-0.05, 0) is 25.7 Å². The van der Waals surface area contributed by atoms with E-state index in [0.717, 1.165) is 25.2 Å². The van der Waals surface area contributed by atoms with E-state index in [-0.39, 0.29) is 11.3 Å². The molecule has 0 heterocycles. The van der Waals surface area contributed by atoms with E-state index in [1.807, 2.05) is 18.9 Å². The molecule has 0 aliphatic heterocycles. The van der Waals surface area contributed by atoms with Gasteiger partial charge in [-0.15, -0.1) is 0 Å². The van der Waals surface area contributed by atoms with Crippen LogP contribution in [0.4, 0.5) is 4.39 Å². The molecular weight excluding hydrogens is 223 g/mol. The summed E-state index contributed by atoms with van der Waals surface area (Å²) in [5.74, 6) is -1.30. The van der Waals surface area contributed by atoms with Crippen molar-refractivity contribution in [3.63, 3.8) is 0 Å². The van der Waals surface area contributed by atoms with Gasteiger partial charge >= 0.3 is 0 Å². The van der Waals surface area contributed by atoms with Crippen molar-refractivity contribution in [2.24, 2.45) is 0 Å². The average Bonchev–Trinajstić information content (AvgIpc) is 2.28. The maximum atomic E-state index is 12.7. The molecule has 0 bridgehead atoms. The number of nitrogens with zero attached hydrogens (tertiary/aromatic N) is 1. The molecule has 0 fully saturated rings. The molecule has 5 heteroatoms. The van der Waals surface area contributed by atoms with E-state index < -0.39 is 11.7 Å². The lowest BCUT2D eigenvalue weighted by Crippen LogP contribution is -2.32. The highest BCUT2D eigenvalue weighted by molar-refractivity contribution is 5.96. The maximum absolute atomic E-state index is 12.7. The number of phenols is 1. The first-order chi connectivity index (χ1) is 8.04. The molecule has 0 aliphatic carbocycles. The molecular formula is C12H17FN2O2. The number of carbonyl (C=O) groups excluding carboxylic acids is 1. The fourth-order valence-electron chi connectivity index (χ4n) is 1.31. The molecule has 4 nitrogen and oxygen atoms in total. The largest absolute Gasteiger partial charge is 0.507 e. The van der Waals surface area contributed by atoms with Gasteiger partial charge in [0.05, 0.1) is 5.56 Å². The number of aromatic hydroxyl groups is 1. The fourth-order valence-corrected chi connectivity index (χ4v) is 1.31. The van der Waals surface area contributed by atoms with Crippen LogP contribution in [0.25, 0.3) is 0 Å². The minimum Gasteiger partial charge on any atom is -0.507 e. The van der Waals surface area contributed by atoms with Crippen LogP contribution in [0.1, 0.15) is 17.3 Å². The van der Waals surface area contributed by atoms with Gasteiger partial charge in [-0.25, -0.2) is 4.39 Å². The van der Waals surface area contributed by atoms with Gasteiger partial charge in [0.15, 0.2) is 0 Å². The number of hydrogen-bond donors (Lipinski definition) is 2. The third kappa shape index (κ3) is 4.03. The highest BCUT2D eigenvalue weighted by atomic mass is 19.1. The lowest BCUT2D eigenvalue weighted by molar-refractivity contribution is 0.0947. The van der Waals surface area contributed by atoms with Crippen molar-refractivity contribution in [3.8, 4) is 5.75 Å². The van der Waals surface area contributed by atoms with Crippen molar-refractivity contribution in [2.45, 2.75) is 6.92 Å². The van der Waals surface area contributed by atoms with Gasteiger partial charge in [0, 0.05) is 19.2 Å². The number of carbonyl (C=O) groups is 1. The highest BCUT2D eigenvalue weighted by Crippen LogP contribution is 2.17. The van der Waals surface area contributed by atoms with Crippen molar-refractivity contribution in [2.75, 3.05) is 26.7 Å². The normalized spacial score (nSPS) is 10.6. The van der Waals surface area contributed by atoms with Crippen LogP contribution in [0, 0.1) is 5.82 Å². The number of nitrogens with one attached hydrogen (secondary N) is 1. The summed E-state index contributed by atoms with van der Waals surface area (Å²) < 4.78 is 12.7. The van der Waals surface area contributed by atoms with Crippen molar-refractivity contribution in [1.82, 2.24) is 10.2 Å². The summed E-state index contributed by atoms with van der Waals surface area (Å²) in [6, 6.07) is 3.34. The standard InChI is InChI=1S/C12H17FN2O2/c1-3-15(2)7-6-14-12(17)10-5-4-9(13)8-11(10)16/h4-5,8,16H,3,6-7H2,1-2H3,(H,14,17). The third-order valence-electron chi connectivity index (χ3n) is 2.52. The van der Waals surface area contributed by atoms with Gasteiger partial charge in [-0.2, -0.15) is 0 Å². The summed E-state index contributed by atoms with van der Waals surface area (Å²) in [7, 11) is 1.95. The number of phenolic OH excluding ortho intramolecular Hbond substituents is 1. The van der Waals surface area contributed by atoms with Crippen LogP contribution in [0.3, 0.4) is 0 Å². The topological polar surface area (TPSA) is 52.6 Å². The quantitative estimate of drug-likeness (QED) is 0.813. The Morgan fingerprint density at radius 1 is 1.53 bits per heavy atom. The molecule has 1 amide bonds. The summed E-state index contributed by atoms with van der Waals surface area (Å²) in [5.41, 5.74) is 0.0885. The Balaban J connectivity index is 2.52. The second kappa shape index (κ2) is 6.20. The van der Waals surface area contributed by atoms with Gasteiger partial charge in [0.2, 0.25) is 0 Å². The highest BCUT2D eigenvalue weighted by Gasteiger charge is 2.11. The first-order valence-electron chi connectivity index (χ1n) is 5.50. The molecule has 0 aliphatic rings. The summed E-state index contributed by atoms with van der Waals surface area (Å²) in [6.07, 6.45) is 0. The number of amides is 1. The second-order valence-electron chi connectivity index (χ2n) is 3.81. The molecule has 0 atom stereocenters. The van der Waals surface area contributed by atoms with E-state index in [1.165, 1.54) is 6.07 Å². The predicted octanol–water partition coefficient (Wildman–Crippen LogP) is 1.21. The lowest BCUT2D eigenvalue weighted by atomic mass is 10.2. The van der Waals surface area contributed by atoms with Crippen molar-refractivity contribution in [3.05, 3.63) is 29.6 Å². The lowest BCUT2D eigenvalue weighted by Gasteiger charge is -2.14. The van der Waals surface area contributed by atoms with Gasteiger partial charge in [-0.3, -0.25) is 4.79 Å². The zero-order valence-electron chi connectivity index (χ0n) is 10.0. The molecule has 0 spiro atoms.